The van der Waals surface area contributed by atoms with Crippen molar-refractivity contribution < 1.29 is 14.6 Å². The second-order valence-electron chi connectivity index (χ2n) is 2.79. The highest BCUT2D eigenvalue weighted by Gasteiger charge is 2.19. The van der Waals surface area contributed by atoms with E-state index in [0.717, 1.165) is 0 Å². The van der Waals surface area contributed by atoms with Gasteiger partial charge in [-0.1, -0.05) is 30.3 Å². The molecule has 0 aliphatic heterocycles. The molecule has 0 saturated carbocycles. The molecular formula is C10H13NO3. The number of aliphatic carboxylic acids is 1. The van der Waals surface area contributed by atoms with Gasteiger partial charge in [0, 0.05) is 6.54 Å². The summed E-state index contributed by atoms with van der Waals surface area (Å²) in [6.45, 7) is 0.558. The van der Waals surface area contributed by atoms with Crippen molar-refractivity contribution in [2.45, 2.75) is 6.10 Å². The number of rotatable bonds is 5. The molecule has 1 rings (SSSR count). The summed E-state index contributed by atoms with van der Waals surface area (Å²) in [5, 5.41) is 8.89. The average Bonchev–Trinajstić information content (AvgIpc) is 2.19. The van der Waals surface area contributed by atoms with E-state index < -0.39 is 12.1 Å². The molecule has 4 heteroatoms. The van der Waals surface area contributed by atoms with Gasteiger partial charge >= 0.3 is 5.97 Å². The molecule has 14 heavy (non-hydrogen) atoms. The summed E-state index contributed by atoms with van der Waals surface area (Å²) >= 11 is 0. The van der Waals surface area contributed by atoms with E-state index in [4.69, 9.17) is 15.6 Å². The Hall–Kier alpha value is -1.39. The van der Waals surface area contributed by atoms with Gasteiger partial charge in [0.1, 0.15) is 0 Å². The SMILES string of the molecule is NCCOC(C(=O)O)c1ccccc1. The van der Waals surface area contributed by atoms with Crippen molar-refractivity contribution >= 4 is 5.97 Å². The zero-order valence-corrected chi connectivity index (χ0v) is 7.72. The summed E-state index contributed by atoms with van der Waals surface area (Å²) in [7, 11) is 0. The van der Waals surface area contributed by atoms with E-state index in [0.29, 0.717) is 12.1 Å². The van der Waals surface area contributed by atoms with Gasteiger partial charge in [-0.15, -0.1) is 0 Å². The number of carbonyl (C=O) groups is 1. The highest BCUT2D eigenvalue weighted by atomic mass is 16.5. The highest BCUT2D eigenvalue weighted by Crippen LogP contribution is 2.16. The van der Waals surface area contributed by atoms with Crippen LogP contribution < -0.4 is 5.73 Å². The van der Waals surface area contributed by atoms with E-state index in [9.17, 15) is 4.79 Å². The first kappa shape index (κ1) is 10.7. The number of hydrogen-bond donors (Lipinski definition) is 2. The molecule has 1 aromatic carbocycles. The monoisotopic (exact) mass is 195 g/mol. The molecule has 1 unspecified atom stereocenters. The Morgan fingerprint density at radius 2 is 2.07 bits per heavy atom. The average molecular weight is 195 g/mol. The van der Waals surface area contributed by atoms with Crippen molar-refractivity contribution in [3.63, 3.8) is 0 Å². The van der Waals surface area contributed by atoms with Gasteiger partial charge in [-0.3, -0.25) is 0 Å². The number of ether oxygens (including phenoxy) is 1. The maximum absolute atomic E-state index is 10.8. The lowest BCUT2D eigenvalue weighted by molar-refractivity contribution is -0.150. The second kappa shape index (κ2) is 5.36. The smallest absolute Gasteiger partial charge is 0.337 e. The minimum absolute atomic E-state index is 0.242. The molecule has 0 bridgehead atoms. The molecular weight excluding hydrogens is 182 g/mol. The number of carboxylic acids is 1. The normalized spacial score (nSPS) is 12.4. The van der Waals surface area contributed by atoms with Crippen LogP contribution >= 0.6 is 0 Å². The number of hydrogen-bond acceptors (Lipinski definition) is 3. The van der Waals surface area contributed by atoms with E-state index in [1.54, 1.807) is 24.3 Å². The van der Waals surface area contributed by atoms with E-state index in [2.05, 4.69) is 0 Å². The molecule has 0 amide bonds. The Morgan fingerprint density at radius 1 is 1.43 bits per heavy atom. The molecule has 0 aliphatic carbocycles. The summed E-state index contributed by atoms with van der Waals surface area (Å²) in [6, 6.07) is 8.81. The van der Waals surface area contributed by atoms with E-state index in [1.807, 2.05) is 6.07 Å². The van der Waals surface area contributed by atoms with Crippen molar-refractivity contribution in [2.75, 3.05) is 13.2 Å². The molecule has 1 atom stereocenters. The van der Waals surface area contributed by atoms with Gasteiger partial charge in [-0.25, -0.2) is 4.79 Å². The third kappa shape index (κ3) is 2.83. The molecule has 3 N–H and O–H groups in total. The first-order valence-corrected chi connectivity index (χ1v) is 4.35. The highest BCUT2D eigenvalue weighted by molar-refractivity contribution is 5.74. The van der Waals surface area contributed by atoms with Gasteiger partial charge in [-0.05, 0) is 5.56 Å². The standard InChI is InChI=1S/C10H13NO3/c11-6-7-14-9(10(12)13)8-4-2-1-3-5-8/h1-5,9H,6-7,11H2,(H,12,13). The topological polar surface area (TPSA) is 72.5 Å². The maximum atomic E-state index is 10.8. The lowest BCUT2D eigenvalue weighted by Gasteiger charge is -2.12. The van der Waals surface area contributed by atoms with E-state index >= 15 is 0 Å². The fraction of sp³-hybridized carbons (Fsp3) is 0.300. The summed E-state index contributed by atoms with van der Waals surface area (Å²) in [6.07, 6.45) is -0.917. The molecule has 4 nitrogen and oxygen atoms in total. The van der Waals surface area contributed by atoms with Gasteiger partial charge in [0.25, 0.3) is 0 Å². The van der Waals surface area contributed by atoms with Crippen LogP contribution in [0.15, 0.2) is 30.3 Å². The van der Waals surface area contributed by atoms with Crippen LogP contribution in [-0.2, 0) is 9.53 Å². The van der Waals surface area contributed by atoms with Crippen molar-refractivity contribution in [1.29, 1.82) is 0 Å². The number of carboxylic acid groups (broad SMARTS) is 1. The Balaban J connectivity index is 2.73. The third-order valence-corrected chi connectivity index (χ3v) is 1.73. The fourth-order valence-electron chi connectivity index (χ4n) is 1.12. The second-order valence-corrected chi connectivity index (χ2v) is 2.79. The predicted octanol–water partition coefficient (Wildman–Crippen LogP) is 0.788. The van der Waals surface area contributed by atoms with Crippen LogP contribution in [0.1, 0.15) is 11.7 Å². The molecule has 0 spiro atoms. The van der Waals surface area contributed by atoms with E-state index in [1.165, 1.54) is 0 Å². The Morgan fingerprint density at radius 3 is 2.57 bits per heavy atom. The molecule has 0 aliphatic rings. The minimum atomic E-state index is -0.996. The first-order chi connectivity index (χ1) is 6.75. The van der Waals surface area contributed by atoms with Crippen LogP contribution in [-0.4, -0.2) is 24.2 Å². The summed E-state index contributed by atoms with van der Waals surface area (Å²) in [5.74, 6) is -0.996. The molecule has 76 valence electrons. The van der Waals surface area contributed by atoms with Crippen LogP contribution in [0, 0.1) is 0 Å². The molecule has 0 radical (unpaired) electrons. The lowest BCUT2D eigenvalue weighted by atomic mass is 10.1. The van der Waals surface area contributed by atoms with Crippen LogP contribution in [0.4, 0.5) is 0 Å². The minimum Gasteiger partial charge on any atom is -0.479 e. The van der Waals surface area contributed by atoms with Gasteiger partial charge in [-0.2, -0.15) is 0 Å². The van der Waals surface area contributed by atoms with Crippen molar-refractivity contribution in [3.8, 4) is 0 Å². The third-order valence-electron chi connectivity index (χ3n) is 1.73. The lowest BCUT2D eigenvalue weighted by Crippen LogP contribution is -2.19. The van der Waals surface area contributed by atoms with Crippen molar-refractivity contribution in [3.05, 3.63) is 35.9 Å². The van der Waals surface area contributed by atoms with Gasteiger partial charge in [0.05, 0.1) is 6.61 Å². The summed E-state index contributed by atoms with van der Waals surface area (Å²) in [4.78, 5) is 10.8. The summed E-state index contributed by atoms with van der Waals surface area (Å²) in [5.41, 5.74) is 5.87. The molecule has 0 saturated heterocycles. The van der Waals surface area contributed by atoms with Crippen LogP contribution in [0.5, 0.6) is 0 Å². The summed E-state index contributed by atoms with van der Waals surface area (Å²) < 4.78 is 5.11. The number of nitrogens with two attached hydrogens (primary N) is 1. The largest absolute Gasteiger partial charge is 0.479 e. The van der Waals surface area contributed by atoms with Crippen molar-refractivity contribution in [1.82, 2.24) is 0 Å². The molecule has 1 aromatic rings. The predicted molar refractivity (Wildman–Crippen MR) is 51.8 cm³/mol. The van der Waals surface area contributed by atoms with Gasteiger partial charge in [0.2, 0.25) is 0 Å². The quantitative estimate of drug-likeness (QED) is 0.728. The molecule has 0 fully saturated rings. The van der Waals surface area contributed by atoms with Gasteiger partial charge in [0.15, 0.2) is 6.10 Å². The zero-order chi connectivity index (χ0) is 10.4. The Bertz CT molecular complexity index is 287. The Labute approximate surface area is 82.3 Å². The van der Waals surface area contributed by atoms with Crippen molar-refractivity contribution in [2.24, 2.45) is 5.73 Å². The molecule has 0 heterocycles. The zero-order valence-electron chi connectivity index (χ0n) is 7.72. The maximum Gasteiger partial charge on any atom is 0.337 e. The van der Waals surface area contributed by atoms with E-state index in [-0.39, 0.29) is 6.61 Å². The van der Waals surface area contributed by atoms with Gasteiger partial charge < -0.3 is 15.6 Å². The molecule has 0 aromatic heterocycles. The van der Waals surface area contributed by atoms with Crippen LogP contribution in [0.2, 0.25) is 0 Å². The van der Waals surface area contributed by atoms with Crippen LogP contribution in [0.25, 0.3) is 0 Å². The first-order valence-electron chi connectivity index (χ1n) is 4.35. The fourth-order valence-corrected chi connectivity index (χ4v) is 1.12. The Kier molecular flexibility index (Phi) is 4.10. The van der Waals surface area contributed by atoms with Crippen LogP contribution in [0.3, 0.4) is 0 Å². The number of benzene rings is 1.